The van der Waals surface area contributed by atoms with E-state index in [9.17, 15) is 14.4 Å². The molecule has 254 valence electrons. The summed E-state index contributed by atoms with van der Waals surface area (Å²) in [7, 11) is 1.66. The molecule has 1 aromatic heterocycles. The van der Waals surface area contributed by atoms with E-state index >= 15 is 0 Å². The third kappa shape index (κ3) is 8.84. The third-order valence-corrected chi connectivity index (χ3v) is 10.2. The van der Waals surface area contributed by atoms with Gasteiger partial charge in [0.2, 0.25) is 17.7 Å². The van der Waals surface area contributed by atoms with Crippen LogP contribution >= 0.6 is 11.8 Å². The number of nitrogens with zero attached hydrogens (tertiary/aromatic N) is 1. The zero-order valence-corrected chi connectivity index (χ0v) is 28.4. The molecule has 0 spiro atoms. The van der Waals surface area contributed by atoms with Gasteiger partial charge in [-0.15, -0.1) is 0 Å². The highest BCUT2D eigenvalue weighted by atomic mass is 32.2. The Bertz CT molecular complexity index is 1690. The SMILES string of the molecule is CN1C(=O)C(CCCCN)NC(=O)C(CCCN)NCc2ccccc2Sc2ccccc2CNC(=O)C1Cc1c[nH]c2ccccc12. The molecule has 4 aromatic rings. The molecule has 1 aliphatic heterocycles. The average Bonchev–Trinajstić information content (AvgIpc) is 3.52. The van der Waals surface area contributed by atoms with Gasteiger partial charge in [0.05, 0.1) is 6.04 Å². The monoisotopic (exact) mass is 669 g/mol. The predicted molar refractivity (Wildman–Crippen MR) is 191 cm³/mol. The lowest BCUT2D eigenvalue weighted by Crippen LogP contribution is -2.57. The van der Waals surface area contributed by atoms with Gasteiger partial charge in [0.1, 0.15) is 12.1 Å². The van der Waals surface area contributed by atoms with Crippen molar-refractivity contribution in [2.45, 2.75) is 79.5 Å². The molecular formula is C37H47N7O3S. The Balaban J connectivity index is 1.53. The maximum absolute atomic E-state index is 14.3. The topological polar surface area (TPSA) is 158 Å². The number of carbonyl (C=O) groups is 3. The van der Waals surface area contributed by atoms with Crippen LogP contribution < -0.4 is 27.4 Å². The lowest BCUT2D eigenvalue weighted by atomic mass is 10.0. The summed E-state index contributed by atoms with van der Waals surface area (Å²) in [6.07, 6.45) is 5.14. The maximum atomic E-state index is 14.3. The van der Waals surface area contributed by atoms with Crippen LogP contribution in [0.25, 0.3) is 10.9 Å². The summed E-state index contributed by atoms with van der Waals surface area (Å²) in [5, 5.41) is 10.7. The van der Waals surface area contributed by atoms with E-state index < -0.39 is 18.1 Å². The van der Waals surface area contributed by atoms with Crippen LogP contribution in [0.4, 0.5) is 0 Å². The van der Waals surface area contributed by atoms with E-state index in [1.165, 1.54) is 4.90 Å². The molecule has 3 aromatic carbocycles. The molecule has 48 heavy (non-hydrogen) atoms. The highest BCUT2D eigenvalue weighted by Gasteiger charge is 2.34. The summed E-state index contributed by atoms with van der Waals surface area (Å²) < 4.78 is 0. The number of unbranched alkanes of at least 4 members (excludes halogenated alkanes) is 1. The quantitative estimate of drug-likeness (QED) is 0.148. The molecule has 0 fully saturated rings. The van der Waals surface area contributed by atoms with Crippen molar-refractivity contribution in [1.82, 2.24) is 25.8 Å². The van der Waals surface area contributed by atoms with Gasteiger partial charge in [-0.2, -0.15) is 0 Å². The number of para-hydroxylation sites is 1. The first-order valence-electron chi connectivity index (χ1n) is 16.8. The highest BCUT2D eigenvalue weighted by molar-refractivity contribution is 7.99. The molecule has 3 unspecified atom stereocenters. The molecule has 0 radical (unpaired) electrons. The molecular weight excluding hydrogens is 623 g/mol. The van der Waals surface area contributed by atoms with Gasteiger partial charge in [-0.1, -0.05) is 66.4 Å². The Morgan fingerprint density at radius 2 is 1.42 bits per heavy atom. The maximum Gasteiger partial charge on any atom is 0.245 e. The van der Waals surface area contributed by atoms with Gasteiger partial charge in [-0.25, -0.2) is 0 Å². The number of carbonyl (C=O) groups excluding carboxylic acids is 3. The largest absolute Gasteiger partial charge is 0.361 e. The van der Waals surface area contributed by atoms with Crippen LogP contribution in [0.3, 0.4) is 0 Å². The number of nitrogens with one attached hydrogen (secondary N) is 4. The summed E-state index contributed by atoms with van der Waals surface area (Å²) >= 11 is 1.63. The minimum atomic E-state index is -0.826. The number of hydrogen-bond donors (Lipinski definition) is 6. The summed E-state index contributed by atoms with van der Waals surface area (Å²) in [5.41, 5.74) is 15.6. The molecule has 0 aliphatic carbocycles. The van der Waals surface area contributed by atoms with Crippen molar-refractivity contribution < 1.29 is 14.4 Å². The van der Waals surface area contributed by atoms with Gasteiger partial charge in [-0.05, 0) is 80.1 Å². The van der Waals surface area contributed by atoms with Crippen LogP contribution in [0.2, 0.25) is 0 Å². The number of aromatic nitrogens is 1. The molecule has 0 saturated heterocycles. The van der Waals surface area contributed by atoms with Crippen molar-refractivity contribution in [2.75, 3.05) is 20.1 Å². The third-order valence-electron chi connectivity index (χ3n) is 8.94. The Kier molecular flexibility index (Phi) is 12.7. The zero-order chi connectivity index (χ0) is 33.9. The van der Waals surface area contributed by atoms with Crippen LogP contribution in [0, 0.1) is 0 Å². The molecule has 2 heterocycles. The van der Waals surface area contributed by atoms with E-state index in [0.29, 0.717) is 64.7 Å². The molecule has 1 aliphatic rings. The van der Waals surface area contributed by atoms with Crippen molar-refractivity contribution >= 4 is 40.4 Å². The lowest BCUT2D eigenvalue weighted by molar-refractivity contribution is -0.142. The number of hydrogen-bond acceptors (Lipinski definition) is 7. The van der Waals surface area contributed by atoms with Crippen LogP contribution in [0.15, 0.2) is 88.8 Å². The van der Waals surface area contributed by atoms with Crippen molar-refractivity contribution in [3.05, 3.63) is 95.7 Å². The second-order valence-corrected chi connectivity index (χ2v) is 13.4. The standard InChI is InChI=1S/C37H47N7O3S/c1-44-32(21-27-24-40-29-14-5-4-13-28(27)29)36(46)42-23-26-12-3-7-18-34(26)48-33-17-6-2-11-25(33)22-41-30(16-10-20-39)35(45)43-31(37(44)47)15-8-9-19-38/h2-7,11-14,17-18,24,30-32,40-41H,8-10,15-16,19-23,38-39H2,1H3,(H,42,46)(H,43,45). The van der Waals surface area contributed by atoms with E-state index in [1.54, 1.807) is 18.8 Å². The number of H-pyrrole nitrogens is 1. The van der Waals surface area contributed by atoms with Crippen molar-refractivity contribution in [1.29, 1.82) is 0 Å². The van der Waals surface area contributed by atoms with Gasteiger partial charge in [0, 0.05) is 53.4 Å². The molecule has 5 rings (SSSR count). The second-order valence-electron chi connectivity index (χ2n) is 12.3. The van der Waals surface area contributed by atoms with Crippen LogP contribution in [0.5, 0.6) is 0 Å². The minimum Gasteiger partial charge on any atom is -0.361 e. The first-order chi connectivity index (χ1) is 23.4. The van der Waals surface area contributed by atoms with Crippen LogP contribution in [-0.2, 0) is 33.9 Å². The molecule has 0 bridgehead atoms. The predicted octanol–water partition coefficient (Wildman–Crippen LogP) is 3.83. The Morgan fingerprint density at radius 1 is 0.771 bits per heavy atom. The number of rotatable bonds is 9. The minimum absolute atomic E-state index is 0.264. The summed E-state index contributed by atoms with van der Waals surface area (Å²) in [4.78, 5) is 49.2. The van der Waals surface area contributed by atoms with Crippen molar-refractivity contribution in [2.24, 2.45) is 11.5 Å². The summed E-state index contributed by atoms with van der Waals surface area (Å²) in [5.74, 6) is -0.848. The summed E-state index contributed by atoms with van der Waals surface area (Å²) in [6.45, 7) is 1.69. The van der Waals surface area contributed by atoms with E-state index in [1.807, 2.05) is 66.9 Å². The number of aromatic amines is 1. The average molecular weight is 670 g/mol. The fourth-order valence-corrected chi connectivity index (χ4v) is 7.21. The fourth-order valence-electron chi connectivity index (χ4n) is 6.13. The zero-order valence-electron chi connectivity index (χ0n) is 27.5. The van der Waals surface area contributed by atoms with Gasteiger partial charge >= 0.3 is 0 Å². The first-order valence-corrected chi connectivity index (χ1v) is 17.6. The Hall–Kier alpha value is -4.16. The molecule has 8 N–H and O–H groups in total. The smallest absolute Gasteiger partial charge is 0.245 e. The van der Waals surface area contributed by atoms with Crippen molar-refractivity contribution in [3.63, 3.8) is 0 Å². The van der Waals surface area contributed by atoms with Gasteiger partial charge in [-0.3, -0.25) is 14.4 Å². The first kappa shape index (κ1) is 35.2. The van der Waals surface area contributed by atoms with E-state index in [2.05, 4.69) is 33.1 Å². The van der Waals surface area contributed by atoms with E-state index in [-0.39, 0.29) is 17.7 Å². The number of amides is 3. The van der Waals surface area contributed by atoms with Crippen LogP contribution in [0.1, 0.15) is 48.8 Å². The Labute approximate surface area is 286 Å². The second kappa shape index (κ2) is 17.3. The van der Waals surface area contributed by atoms with E-state index in [4.69, 9.17) is 11.5 Å². The number of fused-ring (bicyclic) bond motifs is 3. The van der Waals surface area contributed by atoms with E-state index in [0.717, 1.165) is 37.4 Å². The van der Waals surface area contributed by atoms with Crippen molar-refractivity contribution in [3.8, 4) is 0 Å². The number of likely N-dealkylation sites (N-methyl/N-ethyl adjacent to an activating group) is 1. The normalized spacial score (nSPS) is 19.7. The van der Waals surface area contributed by atoms with Gasteiger partial charge < -0.3 is 37.3 Å². The number of nitrogens with two attached hydrogens (primary N) is 2. The highest BCUT2D eigenvalue weighted by Crippen LogP contribution is 2.33. The Morgan fingerprint density at radius 3 is 2.15 bits per heavy atom. The lowest BCUT2D eigenvalue weighted by Gasteiger charge is -2.32. The molecule has 3 amide bonds. The molecule has 10 nitrogen and oxygen atoms in total. The van der Waals surface area contributed by atoms with Crippen LogP contribution in [-0.4, -0.2) is 65.9 Å². The number of benzene rings is 3. The molecule has 0 saturated carbocycles. The summed E-state index contributed by atoms with van der Waals surface area (Å²) in [6, 6.07) is 21.8. The molecule has 3 atom stereocenters. The molecule has 11 heteroatoms. The van der Waals surface area contributed by atoms with Gasteiger partial charge in [0.15, 0.2) is 0 Å². The fraction of sp³-hybridized carbons (Fsp3) is 0.378. The van der Waals surface area contributed by atoms with Gasteiger partial charge in [0.25, 0.3) is 0 Å².